The fourth-order valence-electron chi connectivity index (χ4n) is 2.64. The monoisotopic (exact) mass is 314 g/mol. The molecule has 1 aliphatic rings. The van der Waals surface area contributed by atoms with E-state index in [1.54, 1.807) is 12.1 Å². The predicted octanol–water partition coefficient (Wildman–Crippen LogP) is 1.98. The van der Waals surface area contributed by atoms with Crippen molar-refractivity contribution in [1.82, 2.24) is 9.88 Å². The lowest BCUT2D eigenvalue weighted by Gasteiger charge is -2.36. The molecule has 23 heavy (non-hydrogen) atoms. The van der Waals surface area contributed by atoms with Crippen LogP contribution >= 0.6 is 0 Å². The van der Waals surface area contributed by atoms with Crippen LogP contribution in [-0.2, 0) is 4.79 Å². The third kappa shape index (κ3) is 3.97. The average molecular weight is 314 g/mol. The van der Waals surface area contributed by atoms with Crippen molar-refractivity contribution in [3.63, 3.8) is 0 Å². The molecule has 1 aromatic heterocycles. The van der Waals surface area contributed by atoms with Crippen molar-refractivity contribution in [2.45, 2.75) is 0 Å². The van der Waals surface area contributed by atoms with Gasteiger partial charge in [0, 0.05) is 31.9 Å². The molecule has 1 aromatic carbocycles. The van der Waals surface area contributed by atoms with Crippen molar-refractivity contribution in [2.24, 2.45) is 0 Å². The molecule has 0 saturated carbocycles. The summed E-state index contributed by atoms with van der Waals surface area (Å²) in [6.45, 7) is 3.13. The Kier molecular flexibility index (Phi) is 4.71. The van der Waals surface area contributed by atoms with Gasteiger partial charge in [-0.05, 0) is 24.3 Å². The Morgan fingerprint density at radius 2 is 1.78 bits per heavy atom. The molecule has 0 radical (unpaired) electrons. The highest BCUT2D eigenvalue weighted by atomic mass is 19.1. The number of benzene rings is 1. The van der Waals surface area contributed by atoms with Gasteiger partial charge in [-0.2, -0.15) is 4.39 Å². The van der Waals surface area contributed by atoms with Gasteiger partial charge in [-0.15, -0.1) is 0 Å². The molecule has 0 unspecified atom stereocenters. The van der Waals surface area contributed by atoms with Gasteiger partial charge in [0.05, 0.1) is 6.54 Å². The Balaban J connectivity index is 1.48. The molecular formula is C17H19FN4O. The second-order valence-electron chi connectivity index (χ2n) is 5.40. The van der Waals surface area contributed by atoms with Crippen LogP contribution in [0.2, 0.25) is 0 Å². The molecule has 6 heteroatoms. The predicted molar refractivity (Wildman–Crippen MR) is 87.9 cm³/mol. The summed E-state index contributed by atoms with van der Waals surface area (Å²) in [6, 6.07) is 14.7. The van der Waals surface area contributed by atoms with E-state index in [1.165, 1.54) is 11.8 Å². The minimum atomic E-state index is -0.557. The van der Waals surface area contributed by atoms with E-state index in [1.807, 2.05) is 23.1 Å². The van der Waals surface area contributed by atoms with Crippen LogP contribution in [-0.4, -0.2) is 48.5 Å². The molecule has 2 heterocycles. The maximum atomic E-state index is 13.0. The summed E-state index contributed by atoms with van der Waals surface area (Å²) in [4.78, 5) is 20.0. The number of para-hydroxylation sites is 1. The maximum Gasteiger partial charge on any atom is 0.242 e. The van der Waals surface area contributed by atoms with Crippen molar-refractivity contribution in [1.29, 1.82) is 0 Å². The number of nitrogens with one attached hydrogen (secondary N) is 1. The minimum Gasteiger partial charge on any atom is -0.368 e. The highest BCUT2D eigenvalue weighted by Gasteiger charge is 2.20. The van der Waals surface area contributed by atoms with Crippen LogP contribution in [0, 0.1) is 5.95 Å². The summed E-state index contributed by atoms with van der Waals surface area (Å²) < 4.78 is 13.0. The number of amides is 1. The van der Waals surface area contributed by atoms with E-state index < -0.39 is 5.95 Å². The van der Waals surface area contributed by atoms with Crippen LogP contribution in [0.5, 0.6) is 0 Å². The van der Waals surface area contributed by atoms with Crippen molar-refractivity contribution in [3.8, 4) is 0 Å². The van der Waals surface area contributed by atoms with Gasteiger partial charge in [-0.3, -0.25) is 4.79 Å². The van der Waals surface area contributed by atoms with Crippen LogP contribution in [0.25, 0.3) is 0 Å². The Hall–Kier alpha value is -2.63. The van der Waals surface area contributed by atoms with Gasteiger partial charge in [-0.25, -0.2) is 4.98 Å². The van der Waals surface area contributed by atoms with Crippen molar-refractivity contribution in [3.05, 3.63) is 54.5 Å². The molecule has 0 aliphatic carbocycles. The van der Waals surface area contributed by atoms with Gasteiger partial charge in [0.15, 0.2) is 0 Å². The van der Waals surface area contributed by atoms with Crippen LogP contribution in [0.15, 0.2) is 48.5 Å². The fourth-order valence-corrected chi connectivity index (χ4v) is 2.64. The van der Waals surface area contributed by atoms with Gasteiger partial charge in [0.25, 0.3) is 0 Å². The number of hydrogen-bond acceptors (Lipinski definition) is 4. The third-order valence-corrected chi connectivity index (χ3v) is 3.89. The molecule has 1 N–H and O–H groups in total. The van der Waals surface area contributed by atoms with Gasteiger partial charge >= 0.3 is 0 Å². The number of carbonyl (C=O) groups is 1. The molecule has 5 nitrogen and oxygen atoms in total. The second kappa shape index (κ2) is 7.09. The quantitative estimate of drug-likeness (QED) is 0.877. The highest BCUT2D eigenvalue weighted by molar-refractivity contribution is 5.80. The summed E-state index contributed by atoms with van der Waals surface area (Å²) in [7, 11) is 0. The smallest absolute Gasteiger partial charge is 0.242 e. The lowest BCUT2D eigenvalue weighted by molar-refractivity contribution is -0.129. The van der Waals surface area contributed by atoms with E-state index in [-0.39, 0.29) is 12.5 Å². The van der Waals surface area contributed by atoms with E-state index in [0.29, 0.717) is 18.9 Å². The van der Waals surface area contributed by atoms with Crippen molar-refractivity contribution in [2.75, 3.05) is 42.9 Å². The number of anilines is 2. The number of aromatic nitrogens is 1. The Labute approximate surface area is 134 Å². The van der Waals surface area contributed by atoms with Gasteiger partial charge in [-0.1, -0.05) is 24.3 Å². The first-order valence-electron chi connectivity index (χ1n) is 7.66. The first-order valence-corrected chi connectivity index (χ1v) is 7.66. The number of nitrogens with zero attached hydrogens (tertiary/aromatic N) is 3. The molecule has 0 bridgehead atoms. The topological polar surface area (TPSA) is 48.5 Å². The summed E-state index contributed by atoms with van der Waals surface area (Å²) in [5, 5.41) is 2.87. The van der Waals surface area contributed by atoms with Gasteiger partial charge in [0.2, 0.25) is 11.9 Å². The Bertz CT molecular complexity index is 657. The Morgan fingerprint density at radius 3 is 2.48 bits per heavy atom. The van der Waals surface area contributed by atoms with Crippen LogP contribution in [0.1, 0.15) is 0 Å². The van der Waals surface area contributed by atoms with E-state index in [0.717, 1.165) is 13.1 Å². The van der Waals surface area contributed by atoms with E-state index in [4.69, 9.17) is 0 Å². The molecule has 2 aromatic rings. The number of rotatable bonds is 4. The molecule has 3 rings (SSSR count). The third-order valence-electron chi connectivity index (χ3n) is 3.89. The zero-order chi connectivity index (χ0) is 16.1. The molecule has 0 atom stereocenters. The zero-order valence-corrected chi connectivity index (χ0v) is 12.8. The number of halogens is 1. The lowest BCUT2D eigenvalue weighted by Crippen LogP contribution is -2.50. The SMILES string of the molecule is O=C(CNc1cccc(F)n1)N1CCN(c2ccccc2)CC1. The summed E-state index contributed by atoms with van der Waals surface area (Å²) in [6.07, 6.45) is 0. The normalized spacial score (nSPS) is 14.7. The van der Waals surface area contributed by atoms with Gasteiger partial charge in [0.1, 0.15) is 5.82 Å². The van der Waals surface area contributed by atoms with Crippen molar-refractivity contribution < 1.29 is 9.18 Å². The van der Waals surface area contributed by atoms with E-state index in [9.17, 15) is 9.18 Å². The molecule has 120 valence electrons. The summed E-state index contributed by atoms with van der Waals surface area (Å²) in [5.74, 6) is -0.177. The van der Waals surface area contributed by atoms with Gasteiger partial charge < -0.3 is 15.1 Å². The second-order valence-corrected chi connectivity index (χ2v) is 5.40. The standard InChI is InChI=1S/C17H19FN4O/c18-15-7-4-8-16(20-15)19-13-17(23)22-11-9-21(10-12-22)14-5-2-1-3-6-14/h1-8H,9-13H2,(H,19,20). The van der Waals surface area contributed by atoms with E-state index in [2.05, 4.69) is 27.3 Å². The molecule has 1 fully saturated rings. The van der Waals surface area contributed by atoms with Crippen molar-refractivity contribution >= 4 is 17.4 Å². The molecular weight excluding hydrogens is 295 g/mol. The first kappa shape index (κ1) is 15.3. The fraction of sp³-hybridized carbons (Fsp3) is 0.294. The lowest BCUT2D eigenvalue weighted by atomic mass is 10.2. The van der Waals surface area contributed by atoms with E-state index >= 15 is 0 Å². The average Bonchev–Trinajstić information content (AvgIpc) is 2.61. The highest BCUT2D eigenvalue weighted by Crippen LogP contribution is 2.15. The maximum absolute atomic E-state index is 13.0. The first-order chi connectivity index (χ1) is 11.2. The van der Waals surface area contributed by atoms with Crippen LogP contribution < -0.4 is 10.2 Å². The van der Waals surface area contributed by atoms with Crippen LogP contribution in [0.3, 0.4) is 0 Å². The largest absolute Gasteiger partial charge is 0.368 e. The zero-order valence-electron chi connectivity index (χ0n) is 12.8. The molecule has 1 aliphatic heterocycles. The number of pyridine rings is 1. The minimum absolute atomic E-state index is 0.00349. The summed E-state index contributed by atoms with van der Waals surface area (Å²) in [5.41, 5.74) is 1.18. The summed E-state index contributed by atoms with van der Waals surface area (Å²) >= 11 is 0. The number of carbonyl (C=O) groups excluding carboxylic acids is 1. The number of piperazine rings is 1. The molecule has 1 saturated heterocycles. The number of hydrogen-bond donors (Lipinski definition) is 1. The molecule has 0 spiro atoms. The van der Waals surface area contributed by atoms with Crippen LogP contribution in [0.4, 0.5) is 15.9 Å². The molecule has 1 amide bonds. The Morgan fingerprint density at radius 1 is 1.04 bits per heavy atom.